The van der Waals surface area contributed by atoms with E-state index in [-0.39, 0.29) is 6.61 Å². The number of nitrogens with two attached hydrogens (primary N) is 1. The number of esters is 1. The summed E-state index contributed by atoms with van der Waals surface area (Å²) in [6, 6.07) is 9.61. The fourth-order valence-corrected chi connectivity index (χ4v) is 0.871. The van der Waals surface area contributed by atoms with E-state index in [4.69, 9.17) is 15.7 Å². The number of ether oxygens (including phenoxy) is 1. The first-order chi connectivity index (χ1) is 6.74. The summed E-state index contributed by atoms with van der Waals surface area (Å²) in [5.74, 6) is -0.698. The molecule has 2 N–H and O–H groups in total. The van der Waals surface area contributed by atoms with Crippen molar-refractivity contribution in [2.24, 2.45) is 5.73 Å². The van der Waals surface area contributed by atoms with E-state index in [1.807, 2.05) is 30.3 Å². The van der Waals surface area contributed by atoms with Gasteiger partial charge in [0.05, 0.1) is 6.07 Å². The summed E-state index contributed by atoms with van der Waals surface area (Å²) in [7, 11) is 0. The van der Waals surface area contributed by atoms with Crippen molar-refractivity contribution in [3.63, 3.8) is 0 Å². The molecule has 4 heteroatoms. The lowest BCUT2D eigenvalue weighted by molar-refractivity contribution is -0.145. The molecule has 4 nitrogen and oxygen atoms in total. The lowest BCUT2D eigenvalue weighted by Crippen LogP contribution is -2.30. The molecule has 0 spiro atoms. The van der Waals surface area contributed by atoms with Gasteiger partial charge in [0.1, 0.15) is 6.61 Å². The van der Waals surface area contributed by atoms with Crippen molar-refractivity contribution in [3.05, 3.63) is 35.9 Å². The van der Waals surface area contributed by atoms with Gasteiger partial charge >= 0.3 is 5.97 Å². The van der Waals surface area contributed by atoms with Crippen LogP contribution in [0.2, 0.25) is 0 Å². The van der Waals surface area contributed by atoms with E-state index in [9.17, 15) is 4.79 Å². The average Bonchev–Trinajstić information content (AvgIpc) is 2.26. The number of benzene rings is 1. The average molecular weight is 190 g/mol. The molecule has 0 aliphatic carbocycles. The first-order valence-electron chi connectivity index (χ1n) is 4.10. The van der Waals surface area contributed by atoms with E-state index in [0.29, 0.717) is 0 Å². The summed E-state index contributed by atoms with van der Waals surface area (Å²) < 4.78 is 4.79. The first kappa shape index (κ1) is 10.2. The lowest BCUT2D eigenvalue weighted by atomic mass is 10.2. The number of hydrogen-bond donors (Lipinski definition) is 1. The third kappa shape index (κ3) is 2.88. The molecule has 14 heavy (non-hydrogen) atoms. The Morgan fingerprint density at radius 2 is 2.14 bits per heavy atom. The predicted octanol–water partition coefficient (Wildman–Crippen LogP) is 0.581. The lowest BCUT2D eigenvalue weighted by Gasteiger charge is -2.05. The second-order valence-corrected chi connectivity index (χ2v) is 2.70. The Morgan fingerprint density at radius 3 is 2.71 bits per heavy atom. The molecule has 0 aliphatic rings. The van der Waals surface area contributed by atoms with Crippen molar-refractivity contribution in [2.45, 2.75) is 12.6 Å². The standard InChI is InChI=1S/C10H10N2O2/c11-6-9(12)10(13)14-7-8-4-2-1-3-5-8/h1-5,9H,7,12H2. The van der Waals surface area contributed by atoms with Crippen LogP contribution < -0.4 is 5.73 Å². The second-order valence-electron chi connectivity index (χ2n) is 2.70. The molecule has 0 aliphatic heterocycles. The molecular weight excluding hydrogens is 180 g/mol. The van der Waals surface area contributed by atoms with Crippen LogP contribution in [0.4, 0.5) is 0 Å². The molecule has 1 aromatic carbocycles. The van der Waals surface area contributed by atoms with Crippen molar-refractivity contribution in [1.29, 1.82) is 5.26 Å². The van der Waals surface area contributed by atoms with Gasteiger partial charge in [-0.25, -0.2) is 4.79 Å². The Balaban J connectivity index is 2.43. The Kier molecular flexibility index (Phi) is 3.65. The van der Waals surface area contributed by atoms with Crippen LogP contribution in [0.25, 0.3) is 0 Å². The fraction of sp³-hybridized carbons (Fsp3) is 0.200. The van der Waals surface area contributed by atoms with Crippen LogP contribution in [-0.2, 0) is 16.1 Å². The van der Waals surface area contributed by atoms with E-state index in [2.05, 4.69) is 0 Å². The monoisotopic (exact) mass is 190 g/mol. The van der Waals surface area contributed by atoms with Crippen LogP contribution in [0.5, 0.6) is 0 Å². The Labute approximate surface area is 81.9 Å². The van der Waals surface area contributed by atoms with Gasteiger partial charge in [0.15, 0.2) is 6.04 Å². The highest BCUT2D eigenvalue weighted by Gasteiger charge is 2.13. The van der Waals surface area contributed by atoms with Gasteiger partial charge in [-0.3, -0.25) is 0 Å². The molecular formula is C10H10N2O2. The maximum Gasteiger partial charge on any atom is 0.338 e. The highest BCUT2D eigenvalue weighted by atomic mass is 16.5. The molecule has 72 valence electrons. The maximum absolute atomic E-state index is 11.0. The van der Waals surface area contributed by atoms with Crippen molar-refractivity contribution in [2.75, 3.05) is 0 Å². The largest absolute Gasteiger partial charge is 0.459 e. The zero-order chi connectivity index (χ0) is 10.4. The molecule has 0 saturated carbocycles. The van der Waals surface area contributed by atoms with Crippen LogP contribution in [0, 0.1) is 11.3 Å². The summed E-state index contributed by atoms with van der Waals surface area (Å²) >= 11 is 0. The smallest absolute Gasteiger partial charge is 0.338 e. The minimum absolute atomic E-state index is 0.148. The van der Waals surface area contributed by atoms with E-state index in [0.717, 1.165) is 5.56 Å². The fourth-order valence-electron chi connectivity index (χ4n) is 0.871. The number of carbonyl (C=O) groups is 1. The van der Waals surface area contributed by atoms with Gasteiger partial charge in [-0.1, -0.05) is 30.3 Å². The van der Waals surface area contributed by atoms with Gasteiger partial charge < -0.3 is 10.5 Å². The third-order valence-corrected chi connectivity index (χ3v) is 1.62. The number of hydrogen-bond acceptors (Lipinski definition) is 4. The summed E-state index contributed by atoms with van der Waals surface area (Å²) in [5.41, 5.74) is 6.01. The highest BCUT2D eigenvalue weighted by Crippen LogP contribution is 2.00. The normalized spacial score (nSPS) is 11.4. The van der Waals surface area contributed by atoms with Crippen LogP contribution in [0.1, 0.15) is 5.56 Å². The van der Waals surface area contributed by atoms with Crippen LogP contribution in [0.3, 0.4) is 0 Å². The number of nitrogens with zero attached hydrogens (tertiary/aromatic N) is 1. The van der Waals surface area contributed by atoms with Crippen molar-refractivity contribution >= 4 is 5.97 Å². The number of nitriles is 1. The van der Waals surface area contributed by atoms with E-state index in [1.165, 1.54) is 0 Å². The van der Waals surface area contributed by atoms with Gasteiger partial charge in [0.25, 0.3) is 0 Å². The minimum atomic E-state index is -1.20. The molecule has 0 saturated heterocycles. The van der Waals surface area contributed by atoms with Gasteiger partial charge in [-0.2, -0.15) is 5.26 Å². The van der Waals surface area contributed by atoms with Crippen LogP contribution in [0.15, 0.2) is 30.3 Å². The van der Waals surface area contributed by atoms with Crippen molar-refractivity contribution in [3.8, 4) is 6.07 Å². The third-order valence-electron chi connectivity index (χ3n) is 1.62. The highest BCUT2D eigenvalue weighted by molar-refractivity contribution is 5.78. The van der Waals surface area contributed by atoms with Crippen molar-refractivity contribution < 1.29 is 9.53 Å². The van der Waals surface area contributed by atoms with Crippen molar-refractivity contribution in [1.82, 2.24) is 0 Å². The van der Waals surface area contributed by atoms with Gasteiger partial charge in [0, 0.05) is 0 Å². The first-order valence-corrected chi connectivity index (χ1v) is 4.10. The number of rotatable bonds is 3. The molecule has 0 radical (unpaired) electrons. The molecule has 0 heterocycles. The Hall–Kier alpha value is -1.86. The van der Waals surface area contributed by atoms with Gasteiger partial charge in [-0.05, 0) is 5.56 Å². The topological polar surface area (TPSA) is 76.1 Å². The molecule has 0 bridgehead atoms. The quantitative estimate of drug-likeness (QED) is 0.707. The van der Waals surface area contributed by atoms with E-state index in [1.54, 1.807) is 6.07 Å². The summed E-state index contributed by atoms with van der Waals surface area (Å²) in [6.45, 7) is 0.148. The summed E-state index contributed by atoms with van der Waals surface area (Å²) in [6.07, 6.45) is 0. The van der Waals surface area contributed by atoms with E-state index < -0.39 is 12.0 Å². The number of carbonyl (C=O) groups excluding carboxylic acids is 1. The predicted molar refractivity (Wildman–Crippen MR) is 49.8 cm³/mol. The molecule has 1 rings (SSSR count). The molecule has 1 unspecified atom stereocenters. The minimum Gasteiger partial charge on any atom is -0.459 e. The van der Waals surface area contributed by atoms with Crippen LogP contribution in [-0.4, -0.2) is 12.0 Å². The van der Waals surface area contributed by atoms with E-state index >= 15 is 0 Å². The SMILES string of the molecule is N#CC(N)C(=O)OCc1ccccc1. The zero-order valence-electron chi connectivity index (χ0n) is 7.51. The second kappa shape index (κ2) is 5.00. The van der Waals surface area contributed by atoms with Gasteiger partial charge in [-0.15, -0.1) is 0 Å². The molecule has 0 aromatic heterocycles. The Bertz CT molecular complexity index is 343. The maximum atomic E-state index is 11.0. The van der Waals surface area contributed by atoms with Gasteiger partial charge in [0.2, 0.25) is 0 Å². The zero-order valence-corrected chi connectivity index (χ0v) is 7.51. The molecule has 1 atom stereocenters. The summed E-state index contributed by atoms with van der Waals surface area (Å²) in [5, 5.41) is 8.33. The molecule has 0 fully saturated rings. The molecule has 0 amide bonds. The Morgan fingerprint density at radius 1 is 1.50 bits per heavy atom. The van der Waals surface area contributed by atoms with Crippen LogP contribution >= 0.6 is 0 Å². The summed E-state index contributed by atoms with van der Waals surface area (Å²) in [4.78, 5) is 11.0. The molecule has 1 aromatic rings.